The quantitative estimate of drug-likeness (QED) is 0.412. The van der Waals surface area contributed by atoms with Crippen LogP contribution in [0.15, 0.2) is 58.8 Å². The van der Waals surface area contributed by atoms with Gasteiger partial charge in [-0.2, -0.15) is 4.98 Å². The summed E-state index contributed by atoms with van der Waals surface area (Å²) < 4.78 is 5.73. The molecule has 3 aromatic rings. The van der Waals surface area contributed by atoms with E-state index in [1.165, 1.54) is 0 Å². The zero-order valence-electron chi connectivity index (χ0n) is 17.2. The first kappa shape index (κ1) is 21.8. The van der Waals surface area contributed by atoms with Gasteiger partial charge in [-0.25, -0.2) is 0 Å². The molecule has 0 saturated heterocycles. The summed E-state index contributed by atoms with van der Waals surface area (Å²) in [6.07, 6.45) is 2.09. The van der Waals surface area contributed by atoms with Gasteiger partial charge in [-0.1, -0.05) is 53.8 Å². The molecule has 0 saturated carbocycles. The lowest BCUT2D eigenvalue weighted by atomic mass is 9.94. The number of thiocarbonyl (C=S) groups is 1. The summed E-state index contributed by atoms with van der Waals surface area (Å²) in [6, 6.07) is 14.8. The van der Waals surface area contributed by atoms with Crippen LogP contribution in [0.2, 0.25) is 10.0 Å². The second-order valence-electron chi connectivity index (χ2n) is 7.37. The van der Waals surface area contributed by atoms with Crippen LogP contribution in [-0.4, -0.2) is 26.7 Å². The summed E-state index contributed by atoms with van der Waals surface area (Å²) in [4.78, 5) is 6.80. The standard InChI is InChI=1S/C23H22Cl2N4OS/c1-3-4-12-29-14(2)19(20(26-23(29)31)16-6-5-7-18(25)13-16)22-27-21(28-30-22)15-8-10-17(24)11-9-15/h5-11,13,20H,3-4,12H2,1-2H3,(H,26,31). The number of rotatable bonds is 6. The van der Waals surface area contributed by atoms with Crippen molar-refractivity contribution in [3.05, 3.63) is 75.7 Å². The minimum atomic E-state index is -0.248. The maximum Gasteiger partial charge on any atom is 0.258 e. The molecule has 0 fully saturated rings. The molecule has 1 unspecified atom stereocenters. The van der Waals surface area contributed by atoms with Gasteiger partial charge in [0.1, 0.15) is 0 Å². The van der Waals surface area contributed by atoms with Crippen molar-refractivity contribution in [2.75, 3.05) is 6.54 Å². The Morgan fingerprint density at radius 1 is 1.13 bits per heavy atom. The van der Waals surface area contributed by atoms with Gasteiger partial charge in [-0.05, 0) is 67.5 Å². The van der Waals surface area contributed by atoms with Crippen LogP contribution in [0, 0.1) is 0 Å². The van der Waals surface area contributed by atoms with Crippen molar-refractivity contribution < 1.29 is 4.52 Å². The van der Waals surface area contributed by atoms with Gasteiger partial charge in [0, 0.05) is 27.9 Å². The topological polar surface area (TPSA) is 54.2 Å². The van der Waals surface area contributed by atoms with Crippen molar-refractivity contribution in [2.24, 2.45) is 0 Å². The lowest BCUT2D eigenvalue weighted by molar-refractivity contribution is 0.395. The molecule has 1 aromatic heterocycles. The third-order valence-corrected chi connectivity index (χ3v) is 6.10. The highest BCUT2D eigenvalue weighted by molar-refractivity contribution is 7.80. The van der Waals surface area contributed by atoms with Crippen molar-refractivity contribution in [3.63, 3.8) is 0 Å². The van der Waals surface area contributed by atoms with Crippen LogP contribution in [0.3, 0.4) is 0 Å². The third-order valence-electron chi connectivity index (χ3n) is 5.27. The van der Waals surface area contributed by atoms with Crippen molar-refractivity contribution in [3.8, 4) is 11.4 Å². The smallest absolute Gasteiger partial charge is 0.258 e. The summed E-state index contributed by atoms with van der Waals surface area (Å²) in [6.45, 7) is 5.02. The molecule has 0 spiro atoms. The molecular weight excluding hydrogens is 451 g/mol. The van der Waals surface area contributed by atoms with Gasteiger partial charge in [0.2, 0.25) is 5.82 Å². The van der Waals surface area contributed by atoms with E-state index in [1.54, 1.807) is 12.1 Å². The highest BCUT2D eigenvalue weighted by Crippen LogP contribution is 2.38. The fraction of sp³-hybridized carbons (Fsp3) is 0.261. The van der Waals surface area contributed by atoms with Gasteiger partial charge in [0.05, 0.1) is 11.6 Å². The summed E-state index contributed by atoms with van der Waals surface area (Å²) in [5, 5.41) is 9.65. The second kappa shape index (κ2) is 9.39. The number of hydrogen-bond donors (Lipinski definition) is 1. The van der Waals surface area contributed by atoms with Crippen LogP contribution in [0.25, 0.3) is 17.0 Å². The first-order valence-corrected chi connectivity index (χ1v) is 11.3. The molecule has 1 atom stereocenters. The van der Waals surface area contributed by atoms with Gasteiger partial charge in [0.15, 0.2) is 5.11 Å². The Balaban J connectivity index is 1.80. The maximum absolute atomic E-state index is 6.28. The first-order valence-electron chi connectivity index (χ1n) is 10.1. The number of aromatic nitrogens is 2. The number of nitrogens with one attached hydrogen (secondary N) is 1. The van der Waals surface area contributed by atoms with E-state index in [4.69, 9.17) is 44.9 Å². The van der Waals surface area contributed by atoms with E-state index in [0.717, 1.165) is 41.8 Å². The SMILES string of the molecule is CCCCN1C(=S)NC(c2cccc(Cl)c2)C(c2nc(-c3ccc(Cl)cc3)no2)=C1C. The van der Waals surface area contributed by atoms with E-state index in [9.17, 15) is 0 Å². The van der Waals surface area contributed by atoms with Gasteiger partial charge in [0.25, 0.3) is 5.89 Å². The molecule has 1 aliphatic rings. The fourth-order valence-electron chi connectivity index (χ4n) is 3.63. The Morgan fingerprint density at radius 2 is 1.90 bits per heavy atom. The number of halogens is 2. The van der Waals surface area contributed by atoms with E-state index < -0.39 is 0 Å². The fourth-order valence-corrected chi connectivity index (χ4v) is 4.30. The van der Waals surface area contributed by atoms with Gasteiger partial charge in [-0.15, -0.1) is 0 Å². The van der Waals surface area contributed by atoms with E-state index in [0.29, 0.717) is 26.9 Å². The zero-order valence-corrected chi connectivity index (χ0v) is 19.6. The highest BCUT2D eigenvalue weighted by Gasteiger charge is 2.33. The molecule has 1 aliphatic heterocycles. The van der Waals surface area contributed by atoms with Gasteiger partial charge < -0.3 is 14.7 Å². The lowest BCUT2D eigenvalue weighted by Crippen LogP contribution is -2.46. The van der Waals surface area contributed by atoms with Crippen molar-refractivity contribution in [2.45, 2.75) is 32.7 Å². The molecule has 2 aromatic carbocycles. The van der Waals surface area contributed by atoms with Crippen LogP contribution in [-0.2, 0) is 0 Å². The molecular formula is C23H22Cl2N4OS. The minimum Gasteiger partial charge on any atom is -0.351 e. The second-order valence-corrected chi connectivity index (χ2v) is 8.63. The maximum atomic E-state index is 6.28. The zero-order chi connectivity index (χ0) is 22.0. The van der Waals surface area contributed by atoms with Crippen LogP contribution in [0.4, 0.5) is 0 Å². The number of benzene rings is 2. The van der Waals surface area contributed by atoms with Crippen molar-refractivity contribution in [1.82, 2.24) is 20.4 Å². The molecule has 0 amide bonds. The van der Waals surface area contributed by atoms with E-state index >= 15 is 0 Å². The Morgan fingerprint density at radius 3 is 2.61 bits per heavy atom. The molecule has 160 valence electrons. The summed E-state index contributed by atoms with van der Waals surface area (Å²) >= 11 is 18.0. The van der Waals surface area contributed by atoms with E-state index in [1.807, 2.05) is 43.3 Å². The van der Waals surface area contributed by atoms with Crippen LogP contribution < -0.4 is 5.32 Å². The van der Waals surface area contributed by atoms with Crippen molar-refractivity contribution >= 4 is 46.1 Å². The first-order chi connectivity index (χ1) is 15.0. The molecule has 0 bridgehead atoms. The average molecular weight is 473 g/mol. The number of allylic oxidation sites excluding steroid dienone is 1. The normalized spacial score (nSPS) is 16.6. The summed E-state index contributed by atoms with van der Waals surface area (Å²) in [5.74, 6) is 0.953. The van der Waals surface area contributed by atoms with Crippen LogP contribution >= 0.6 is 35.4 Å². The minimum absolute atomic E-state index is 0.248. The Labute approximate surface area is 197 Å². The molecule has 4 rings (SSSR count). The van der Waals surface area contributed by atoms with Crippen molar-refractivity contribution in [1.29, 1.82) is 0 Å². The predicted octanol–water partition coefficient (Wildman–Crippen LogP) is 6.51. The average Bonchev–Trinajstić information content (AvgIpc) is 3.23. The van der Waals surface area contributed by atoms with Gasteiger partial charge >= 0.3 is 0 Å². The molecule has 1 N–H and O–H groups in total. The molecule has 0 radical (unpaired) electrons. The predicted molar refractivity (Wildman–Crippen MR) is 129 cm³/mol. The monoisotopic (exact) mass is 472 g/mol. The highest BCUT2D eigenvalue weighted by atomic mass is 35.5. The lowest BCUT2D eigenvalue weighted by Gasteiger charge is -2.37. The molecule has 0 aliphatic carbocycles. The van der Waals surface area contributed by atoms with Crippen LogP contribution in [0.1, 0.15) is 44.2 Å². The largest absolute Gasteiger partial charge is 0.351 e. The number of hydrogen-bond acceptors (Lipinski definition) is 4. The molecule has 8 heteroatoms. The van der Waals surface area contributed by atoms with E-state index in [2.05, 4.69) is 22.3 Å². The third kappa shape index (κ3) is 4.61. The molecule has 2 heterocycles. The Kier molecular flexibility index (Phi) is 6.60. The number of unbranched alkanes of at least 4 members (excludes halogenated alkanes) is 1. The summed E-state index contributed by atoms with van der Waals surface area (Å²) in [5.41, 5.74) is 3.69. The number of nitrogens with zero attached hydrogens (tertiary/aromatic N) is 3. The van der Waals surface area contributed by atoms with E-state index in [-0.39, 0.29) is 6.04 Å². The summed E-state index contributed by atoms with van der Waals surface area (Å²) in [7, 11) is 0. The Hall–Kier alpha value is -2.41. The molecule has 5 nitrogen and oxygen atoms in total. The van der Waals surface area contributed by atoms with Crippen LogP contribution in [0.5, 0.6) is 0 Å². The molecule has 31 heavy (non-hydrogen) atoms. The Bertz CT molecular complexity index is 1130. The van der Waals surface area contributed by atoms with Gasteiger partial charge in [-0.3, -0.25) is 0 Å².